The van der Waals surface area contributed by atoms with Crippen LogP contribution in [0, 0.1) is 0 Å². The monoisotopic (exact) mass is 291 g/mol. The highest BCUT2D eigenvalue weighted by molar-refractivity contribution is 7.10. The lowest BCUT2D eigenvalue weighted by Gasteiger charge is -2.27. The van der Waals surface area contributed by atoms with Gasteiger partial charge in [-0.15, -0.1) is 11.3 Å². The van der Waals surface area contributed by atoms with Gasteiger partial charge in [-0.2, -0.15) is 0 Å². The highest BCUT2D eigenvalue weighted by Gasteiger charge is 2.22. The molecule has 100 valence electrons. The molecule has 1 aromatic heterocycles. The summed E-state index contributed by atoms with van der Waals surface area (Å²) in [5.41, 5.74) is 2.81. The Balaban J connectivity index is 1.74. The first kappa shape index (κ1) is 13.2. The van der Waals surface area contributed by atoms with Crippen LogP contribution in [0.2, 0.25) is 5.02 Å². The fourth-order valence-corrected chi connectivity index (χ4v) is 3.92. The zero-order valence-corrected chi connectivity index (χ0v) is 12.6. The smallest absolute Gasteiger partial charge is 0.0406 e. The normalized spacial score (nSPS) is 20.0. The van der Waals surface area contributed by atoms with Crippen molar-refractivity contribution in [3.05, 3.63) is 56.7 Å². The summed E-state index contributed by atoms with van der Waals surface area (Å²) in [5.74, 6) is 0. The second kappa shape index (κ2) is 5.66. The lowest BCUT2D eigenvalue weighted by molar-refractivity contribution is 0.418. The highest BCUT2D eigenvalue weighted by Crippen LogP contribution is 2.34. The average molecular weight is 292 g/mol. The van der Waals surface area contributed by atoms with Crippen LogP contribution in [0.4, 0.5) is 0 Å². The number of nitrogens with one attached hydrogen (secondary N) is 1. The predicted octanol–water partition coefficient (Wildman–Crippen LogP) is 5.13. The molecule has 2 aromatic rings. The van der Waals surface area contributed by atoms with Gasteiger partial charge in [-0.25, -0.2) is 0 Å². The van der Waals surface area contributed by atoms with E-state index in [4.69, 9.17) is 11.6 Å². The molecule has 1 N–H and O–H groups in total. The van der Waals surface area contributed by atoms with Crippen LogP contribution in [0.1, 0.15) is 47.9 Å². The summed E-state index contributed by atoms with van der Waals surface area (Å²) in [6.45, 7) is 2.23. The minimum absolute atomic E-state index is 0.355. The number of rotatable bonds is 3. The maximum atomic E-state index is 5.94. The first-order chi connectivity index (χ1) is 9.24. The van der Waals surface area contributed by atoms with Crippen molar-refractivity contribution in [2.24, 2.45) is 0 Å². The molecule has 0 saturated carbocycles. The van der Waals surface area contributed by atoms with E-state index in [0.717, 1.165) is 5.02 Å². The van der Waals surface area contributed by atoms with E-state index in [9.17, 15) is 0 Å². The summed E-state index contributed by atoms with van der Waals surface area (Å²) < 4.78 is 0. The van der Waals surface area contributed by atoms with E-state index in [0.29, 0.717) is 12.1 Å². The average Bonchev–Trinajstić information content (AvgIpc) is 2.89. The highest BCUT2D eigenvalue weighted by atomic mass is 35.5. The largest absolute Gasteiger partial charge is 0.303 e. The number of halogens is 1. The lowest BCUT2D eigenvalue weighted by Crippen LogP contribution is -2.27. The minimum atomic E-state index is 0.355. The number of thiophene rings is 1. The van der Waals surface area contributed by atoms with E-state index >= 15 is 0 Å². The molecular weight excluding hydrogens is 274 g/mol. The molecule has 19 heavy (non-hydrogen) atoms. The molecule has 0 fully saturated rings. The third-order valence-electron chi connectivity index (χ3n) is 3.87. The SMILES string of the molecule is C[C@H](NC1CCCc2sccc21)c1ccc(Cl)cc1. The zero-order chi connectivity index (χ0) is 13.2. The second-order valence-electron chi connectivity index (χ2n) is 5.18. The van der Waals surface area contributed by atoms with Gasteiger partial charge in [0.2, 0.25) is 0 Å². The van der Waals surface area contributed by atoms with Crippen molar-refractivity contribution in [3.63, 3.8) is 0 Å². The van der Waals surface area contributed by atoms with E-state index in [2.05, 4.69) is 35.8 Å². The molecule has 1 unspecified atom stereocenters. The van der Waals surface area contributed by atoms with Gasteiger partial charge >= 0.3 is 0 Å². The molecule has 0 bridgehead atoms. The quantitative estimate of drug-likeness (QED) is 0.826. The third-order valence-corrected chi connectivity index (χ3v) is 5.12. The molecule has 1 aromatic carbocycles. The van der Waals surface area contributed by atoms with Crippen LogP contribution >= 0.6 is 22.9 Å². The molecular formula is C16H18ClNS. The van der Waals surface area contributed by atoms with Gasteiger partial charge in [-0.3, -0.25) is 0 Å². The molecule has 1 nitrogen and oxygen atoms in total. The Kier molecular flexibility index (Phi) is 3.92. The summed E-state index contributed by atoms with van der Waals surface area (Å²) in [6, 6.07) is 11.3. The van der Waals surface area contributed by atoms with Crippen LogP contribution in [0.15, 0.2) is 35.7 Å². The number of fused-ring (bicyclic) bond motifs is 1. The van der Waals surface area contributed by atoms with Crippen molar-refractivity contribution in [2.45, 2.75) is 38.3 Å². The van der Waals surface area contributed by atoms with Crippen LogP contribution in [-0.2, 0) is 6.42 Å². The Morgan fingerprint density at radius 1 is 1.26 bits per heavy atom. The van der Waals surface area contributed by atoms with Crippen molar-refractivity contribution in [3.8, 4) is 0 Å². The van der Waals surface area contributed by atoms with Gasteiger partial charge in [-0.05, 0) is 60.9 Å². The number of aryl methyl sites for hydroxylation is 1. The Morgan fingerprint density at radius 2 is 2.05 bits per heavy atom. The third kappa shape index (κ3) is 2.86. The Hall–Kier alpha value is -0.830. The summed E-state index contributed by atoms with van der Waals surface area (Å²) in [6.07, 6.45) is 3.78. The van der Waals surface area contributed by atoms with Crippen molar-refractivity contribution in [1.29, 1.82) is 0 Å². The van der Waals surface area contributed by atoms with Crippen LogP contribution in [0.3, 0.4) is 0 Å². The molecule has 0 amide bonds. The van der Waals surface area contributed by atoms with E-state index in [-0.39, 0.29) is 0 Å². The van der Waals surface area contributed by atoms with E-state index in [1.807, 2.05) is 23.5 Å². The van der Waals surface area contributed by atoms with Gasteiger partial charge in [0.1, 0.15) is 0 Å². The molecule has 0 spiro atoms. The zero-order valence-electron chi connectivity index (χ0n) is 11.0. The van der Waals surface area contributed by atoms with Crippen molar-refractivity contribution >= 4 is 22.9 Å². The fraction of sp³-hybridized carbons (Fsp3) is 0.375. The van der Waals surface area contributed by atoms with Crippen LogP contribution in [0.5, 0.6) is 0 Å². The maximum absolute atomic E-state index is 5.94. The molecule has 1 heterocycles. The lowest BCUT2D eigenvalue weighted by atomic mass is 9.93. The van der Waals surface area contributed by atoms with Gasteiger partial charge in [0.25, 0.3) is 0 Å². The van der Waals surface area contributed by atoms with E-state index in [1.54, 1.807) is 4.88 Å². The number of hydrogen-bond donors (Lipinski definition) is 1. The molecule has 3 heteroatoms. The van der Waals surface area contributed by atoms with E-state index in [1.165, 1.54) is 30.4 Å². The van der Waals surface area contributed by atoms with Gasteiger partial charge in [0.15, 0.2) is 0 Å². The van der Waals surface area contributed by atoms with Crippen molar-refractivity contribution in [1.82, 2.24) is 5.32 Å². The Labute approximate surface area is 123 Å². The van der Waals surface area contributed by atoms with Gasteiger partial charge in [0.05, 0.1) is 0 Å². The van der Waals surface area contributed by atoms with Crippen LogP contribution in [0.25, 0.3) is 0 Å². The Morgan fingerprint density at radius 3 is 2.84 bits per heavy atom. The summed E-state index contributed by atoms with van der Waals surface area (Å²) in [4.78, 5) is 1.56. The van der Waals surface area contributed by atoms with Crippen molar-refractivity contribution < 1.29 is 0 Å². The van der Waals surface area contributed by atoms with Gasteiger partial charge in [0, 0.05) is 22.0 Å². The van der Waals surface area contributed by atoms with E-state index < -0.39 is 0 Å². The van der Waals surface area contributed by atoms with Gasteiger partial charge in [-0.1, -0.05) is 23.7 Å². The second-order valence-corrected chi connectivity index (χ2v) is 6.62. The standard InChI is InChI=1S/C16H18ClNS/c1-11(12-5-7-13(17)8-6-12)18-15-3-2-4-16-14(15)9-10-19-16/h5-11,15,18H,2-4H2,1H3/t11-,15?/m0/s1. The van der Waals surface area contributed by atoms with Gasteiger partial charge < -0.3 is 5.32 Å². The molecule has 0 aliphatic heterocycles. The Bertz CT molecular complexity index is 546. The molecule has 1 aliphatic rings. The molecule has 0 saturated heterocycles. The summed E-state index contributed by atoms with van der Waals surface area (Å²) >= 11 is 7.84. The topological polar surface area (TPSA) is 12.0 Å². The first-order valence-electron chi connectivity index (χ1n) is 6.82. The predicted molar refractivity (Wildman–Crippen MR) is 83.0 cm³/mol. The molecule has 1 aliphatic carbocycles. The minimum Gasteiger partial charge on any atom is -0.303 e. The number of hydrogen-bond acceptors (Lipinski definition) is 2. The molecule has 2 atom stereocenters. The fourth-order valence-electron chi connectivity index (χ4n) is 2.81. The van der Waals surface area contributed by atoms with Crippen molar-refractivity contribution in [2.75, 3.05) is 0 Å². The number of benzene rings is 1. The molecule has 3 rings (SSSR count). The van der Waals surface area contributed by atoms with Crippen LogP contribution in [-0.4, -0.2) is 0 Å². The molecule has 0 radical (unpaired) electrons. The van der Waals surface area contributed by atoms with Crippen LogP contribution < -0.4 is 5.32 Å². The summed E-state index contributed by atoms with van der Waals surface area (Å²) in [5, 5.41) is 6.78. The first-order valence-corrected chi connectivity index (χ1v) is 8.07. The maximum Gasteiger partial charge on any atom is 0.0406 e. The summed E-state index contributed by atoms with van der Waals surface area (Å²) in [7, 11) is 0.